The Morgan fingerprint density at radius 3 is 2.69 bits per heavy atom. The van der Waals surface area contributed by atoms with Crippen molar-refractivity contribution in [2.45, 2.75) is 59.2 Å². The number of hydrogen-bond donors (Lipinski definition) is 3. The molecule has 1 atom stereocenters. The van der Waals surface area contributed by atoms with Crippen molar-refractivity contribution in [1.29, 1.82) is 0 Å². The van der Waals surface area contributed by atoms with E-state index in [1.54, 1.807) is 29.6 Å². The molecule has 0 bridgehead atoms. The largest absolute Gasteiger partial charge is 0.477 e. The van der Waals surface area contributed by atoms with Crippen LogP contribution in [0.1, 0.15) is 55.2 Å². The Hall–Kier alpha value is -3.18. The second-order valence-electron chi connectivity index (χ2n) is 10.8. The number of aromatic amines is 1. The van der Waals surface area contributed by atoms with Crippen LogP contribution in [-0.2, 0) is 20.8 Å². The lowest BCUT2D eigenvalue weighted by Crippen LogP contribution is -2.50. The summed E-state index contributed by atoms with van der Waals surface area (Å²) >= 11 is 0. The minimum Gasteiger partial charge on any atom is -0.477 e. The molecular weight excluding hydrogens is 466 g/mol. The molecule has 2 aromatic rings. The molecule has 1 aliphatic carbocycles. The molecular formula is C25H36N5O6+. The number of aromatic nitrogens is 3. The van der Waals surface area contributed by atoms with Gasteiger partial charge in [0.1, 0.15) is 0 Å². The number of methoxy groups -OCH3 is 1. The fourth-order valence-corrected chi connectivity index (χ4v) is 4.46. The fourth-order valence-electron chi connectivity index (χ4n) is 4.46. The highest BCUT2D eigenvalue weighted by Gasteiger charge is 2.36. The number of nitrogens with one attached hydrogen (secondary N) is 2. The molecule has 1 saturated heterocycles. The second kappa shape index (κ2) is 10.1. The summed E-state index contributed by atoms with van der Waals surface area (Å²) in [4.78, 5) is 41.0. The second-order valence-corrected chi connectivity index (χ2v) is 10.8. The predicted octanol–water partition coefficient (Wildman–Crippen LogP) is 0.754. The Morgan fingerprint density at radius 2 is 2.06 bits per heavy atom. The zero-order chi connectivity index (χ0) is 26.2. The highest BCUT2D eigenvalue weighted by atomic mass is 16.5. The topological polar surface area (TPSA) is 129 Å². The van der Waals surface area contributed by atoms with Crippen molar-refractivity contribution in [3.63, 3.8) is 0 Å². The number of rotatable bonds is 7. The van der Waals surface area contributed by atoms with Crippen molar-refractivity contribution < 1.29 is 28.7 Å². The Balaban J connectivity index is 1.79. The van der Waals surface area contributed by atoms with E-state index in [1.807, 2.05) is 20.8 Å². The number of aromatic hydroxyl groups is 1. The fraction of sp³-hybridized carbons (Fsp3) is 0.600. The number of carbonyl (C=O) groups excluding carboxylic acids is 2. The van der Waals surface area contributed by atoms with Crippen LogP contribution in [0.25, 0.3) is 11.7 Å². The van der Waals surface area contributed by atoms with Crippen molar-refractivity contribution in [2.24, 2.45) is 5.41 Å². The van der Waals surface area contributed by atoms with Gasteiger partial charge in [-0.05, 0) is 31.3 Å². The maximum atomic E-state index is 13.3. The molecule has 11 nitrogen and oxygen atoms in total. The van der Waals surface area contributed by atoms with Gasteiger partial charge in [0.2, 0.25) is 11.5 Å². The number of ether oxygens (including phenoxy) is 2. The summed E-state index contributed by atoms with van der Waals surface area (Å²) in [6.45, 7) is 9.78. The number of hydrogen-bond acceptors (Lipinski definition) is 6. The Morgan fingerprint density at radius 1 is 1.33 bits per heavy atom. The van der Waals surface area contributed by atoms with Crippen molar-refractivity contribution in [1.82, 2.24) is 19.8 Å². The zero-order valence-electron chi connectivity index (χ0n) is 21.6. The van der Waals surface area contributed by atoms with E-state index < -0.39 is 11.5 Å². The maximum absolute atomic E-state index is 13.3. The molecule has 11 heteroatoms. The van der Waals surface area contributed by atoms with Crippen molar-refractivity contribution in [3.05, 3.63) is 33.3 Å². The van der Waals surface area contributed by atoms with Gasteiger partial charge in [0.15, 0.2) is 0 Å². The summed E-state index contributed by atoms with van der Waals surface area (Å²) in [6.07, 6.45) is 4.82. The van der Waals surface area contributed by atoms with E-state index >= 15 is 0 Å². The summed E-state index contributed by atoms with van der Waals surface area (Å²) in [5, 5.41) is 17.0. The molecule has 0 aromatic carbocycles. The van der Waals surface area contributed by atoms with Gasteiger partial charge < -0.3 is 24.8 Å². The molecule has 36 heavy (non-hydrogen) atoms. The first-order chi connectivity index (χ1) is 17.0. The van der Waals surface area contributed by atoms with E-state index in [0.717, 1.165) is 12.8 Å². The molecule has 3 heterocycles. The summed E-state index contributed by atoms with van der Waals surface area (Å²) in [5.74, 6) is -1.18. The van der Waals surface area contributed by atoms with Crippen LogP contribution in [0.2, 0.25) is 0 Å². The number of morpholine rings is 1. The minimum atomic E-state index is -0.645. The summed E-state index contributed by atoms with van der Waals surface area (Å²) in [7, 11) is 1.58. The normalized spacial score (nSPS) is 18.8. The minimum absolute atomic E-state index is 0.0325. The van der Waals surface area contributed by atoms with Gasteiger partial charge in [0.05, 0.1) is 43.7 Å². The Bertz CT molecular complexity index is 1250. The van der Waals surface area contributed by atoms with E-state index in [2.05, 4.69) is 10.4 Å². The summed E-state index contributed by atoms with van der Waals surface area (Å²) < 4.78 is 13.6. The lowest BCUT2D eigenvalue weighted by atomic mass is 9.96. The van der Waals surface area contributed by atoms with Gasteiger partial charge in [0.25, 0.3) is 5.91 Å². The van der Waals surface area contributed by atoms with Crippen LogP contribution in [0.15, 0.2) is 10.9 Å². The lowest BCUT2D eigenvalue weighted by molar-refractivity contribution is -0.692. The number of amides is 2. The number of aryl methyl sites for hydroxylation is 1. The van der Waals surface area contributed by atoms with Crippen LogP contribution < -0.4 is 15.4 Å². The molecule has 0 unspecified atom stereocenters. The van der Waals surface area contributed by atoms with Crippen LogP contribution in [0, 0.1) is 12.3 Å². The highest BCUT2D eigenvalue weighted by Crippen LogP contribution is 2.23. The van der Waals surface area contributed by atoms with E-state index in [0.29, 0.717) is 49.8 Å². The molecule has 2 aliphatic rings. The molecule has 2 fully saturated rings. The summed E-state index contributed by atoms with van der Waals surface area (Å²) in [5.41, 5.74) is 0.347. The van der Waals surface area contributed by atoms with Crippen LogP contribution in [0.4, 0.5) is 0 Å². The Labute approximate surface area is 209 Å². The first kappa shape index (κ1) is 25.9. The number of nitrogens with zero attached hydrogens (tertiary/aromatic N) is 3. The van der Waals surface area contributed by atoms with Gasteiger partial charge in [-0.15, -0.1) is 0 Å². The van der Waals surface area contributed by atoms with Gasteiger partial charge in [-0.3, -0.25) is 9.59 Å². The van der Waals surface area contributed by atoms with Gasteiger partial charge in [-0.25, -0.2) is 9.89 Å². The van der Waals surface area contributed by atoms with Crippen LogP contribution in [0.5, 0.6) is 5.88 Å². The first-order valence-corrected chi connectivity index (χ1v) is 12.3. The van der Waals surface area contributed by atoms with Crippen LogP contribution >= 0.6 is 0 Å². The molecule has 0 spiro atoms. The predicted molar refractivity (Wildman–Crippen MR) is 132 cm³/mol. The molecule has 1 aliphatic heterocycles. The third-order valence-electron chi connectivity index (χ3n) is 6.32. The van der Waals surface area contributed by atoms with Crippen molar-refractivity contribution >= 4 is 23.5 Å². The molecule has 3 N–H and O–H groups in total. The number of fused-ring (bicyclic) bond motifs is 1. The van der Waals surface area contributed by atoms with Crippen LogP contribution in [-0.4, -0.2) is 77.0 Å². The first-order valence-electron chi connectivity index (χ1n) is 12.3. The molecule has 2 aromatic heterocycles. The molecule has 4 rings (SSSR count). The van der Waals surface area contributed by atoms with Gasteiger partial charge in [-0.2, -0.15) is 4.57 Å². The van der Waals surface area contributed by atoms with E-state index in [1.165, 1.54) is 10.6 Å². The van der Waals surface area contributed by atoms with Crippen LogP contribution in [0.3, 0.4) is 0 Å². The van der Waals surface area contributed by atoms with E-state index in [4.69, 9.17) is 9.47 Å². The average Bonchev–Trinajstić information content (AvgIpc) is 3.55. The van der Waals surface area contributed by atoms with E-state index in [-0.39, 0.29) is 34.8 Å². The molecule has 196 valence electrons. The standard InChI is InChI=1S/C25H35N5O6/c1-15-18(8-9-19(31)28-10-11-36-13-17(28)12-35-5)22-29(14-25(2,3)4)23(33)20(24(34)30(22)27-15)21(32)26-16-6-7-16/h8-9,16-17H,6-7,10-14H2,1-5H3,(H2,26,32,33,34)/p+1/b9-8+/t17-/m0/s1. The van der Waals surface area contributed by atoms with Crippen molar-refractivity contribution in [2.75, 3.05) is 33.5 Å². The van der Waals surface area contributed by atoms with Gasteiger partial charge >= 0.3 is 17.1 Å². The van der Waals surface area contributed by atoms with Gasteiger partial charge in [-0.1, -0.05) is 25.3 Å². The maximum Gasteiger partial charge on any atom is 0.378 e. The lowest BCUT2D eigenvalue weighted by Gasteiger charge is -2.34. The number of H-pyrrole nitrogens is 1. The van der Waals surface area contributed by atoms with E-state index in [9.17, 15) is 19.5 Å². The molecule has 1 saturated carbocycles. The monoisotopic (exact) mass is 502 g/mol. The SMILES string of the molecule is COC[C@H]1COCCN1C(=O)/C=C/c1c(C)[nH]n2c(=O)c(C(=O)NC3CC3)c(O)[n+](CC(C)(C)C)c12. The quantitative estimate of drug-likeness (QED) is 0.379. The van der Waals surface area contributed by atoms with Crippen molar-refractivity contribution in [3.8, 4) is 5.88 Å². The third-order valence-corrected chi connectivity index (χ3v) is 6.32. The van der Waals surface area contributed by atoms with Gasteiger partial charge in [0, 0.05) is 25.8 Å². The smallest absolute Gasteiger partial charge is 0.378 e. The molecule has 2 amide bonds. The third kappa shape index (κ3) is 5.31. The highest BCUT2D eigenvalue weighted by molar-refractivity contribution is 5.96. The number of carbonyl (C=O) groups is 2. The average molecular weight is 503 g/mol. The molecule has 0 radical (unpaired) electrons. The zero-order valence-corrected chi connectivity index (χ0v) is 21.6. The summed E-state index contributed by atoms with van der Waals surface area (Å²) in [6, 6.07) is -0.153. The Kier molecular flexibility index (Phi) is 7.24.